The molecule has 0 bridgehead atoms. The molecule has 0 saturated carbocycles. The largest absolute Gasteiger partial charge is 0.495 e. The zero-order valence-electron chi connectivity index (χ0n) is 12.7. The fourth-order valence-corrected chi connectivity index (χ4v) is 2.87. The number of anilines is 1. The highest BCUT2D eigenvalue weighted by molar-refractivity contribution is 14.0. The fraction of sp³-hybridized carbons (Fsp3) is 0.267. The molecule has 1 unspecified atom stereocenters. The van der Waals surface area contributed by atoms with Gasteiger partial charge in [0, 0.05) is 10.6 Å². The molecule has 0 spiro atoms. The van der Waals surface area contributed by atoms with Gasteiger partial charge in [-0.2, -0.15) is 0 Å². The summed E-state index contributed by atoms with van der Waals surface area (Å²) < 4.78 is 5.09. The van der Waals surface area contributed by atoms with Crippen molar-refractivity contribution in [1.29, 1.82) is 0 Å². The van der Waals surface area contributed by atoms with Gasteiger partial charge in [-0.15, -0.1) is 35.3 Å². The number of nitrogens with two attached hydrogens (primary N) is 1. The Morgan fingerprint density at radius 3 is 2.78 bits per heavy atom. The van der Waals surface area contributed by atoms with Crippen LogP contribution in [-0.4, -0.2) is 24.7 Å². The van der Waals surface area contributed by atoms with E-state index in [-0.39, 0.29) is 36.5 Å². The normalized spacial score (nSPS) is 13.8. The second-order valence-electron chi connectivity index (χ2n) is 4.93. The first-order chi connectivity index (χ1) is 10.4. The summed E-state index contributed by atoms with van der Waals surface area (Å²) in [7, 11) is 1.55. The fourth-order valence-electron chi connectivity index (χ4n) is 1.83. The van der Waals surface area contributed by atoms with E-state index in [1.54, 1.807) is 32.2 Å². The quantitative estimate of drug-likeness (QED) is 0.356. The first-order valence-electron chi connectivity index (χ1n) is 6.59. The molecule has 1 aromatic carbocycles. The smallest absolute Gasteiger partial charge is 0.193 e. The molecule has 0 amide bonds. The Bertz CT molecular complexity index is 663. The molecule has 4 N–H and O–H groups in total. The molecular weight excluding hydrogens is 449 g/mol. The van der Waals surface area contributed by atoms with Crippen LogP contribution in [0.25, 0.3) is 0 Å². The minimum atomic E-state index is -1.04. The van der Waals surface area contributed by atoms with Crippen LogP contribution in [0.3, 0.4) is 0 Å². The molecule has 1 heterocycles. The third-order valence-electron chi connectivity index (χ3n) is 3.03. The van der Waals surface area contributed by atoms with Crippen LogP contribution in [-0.2, 0) is 5.60 Å². The van der Waals surface area contributed by atoms with E-state index in [9.17, 15) is 5.11 Å². The van der Waals surface area contributed by atoms with Gasteiger partial charge in [-0.3, -0.25) is 0 Å². The maximum Gasteiger partial charge on any atom is 0.193 e. The van der Waals surface area contributed by atoms with Crippen molar-refractivity contribution in [3.05, 3.63) is 45.6 Å². The monoisotopic (exact) mass is 467 g/mol. The molecule has 0 aliphatic heterocycles. The van der Waals surface area contributed by atoms with Gasteiger partial charge in [0.25, 0.3) is 0 Å². The molecule has 0 saturated heterocycles. The van der Waals surface area contributed by atoms with Gasteiger partial charge in [-0.1, -0.05) is 17.7 Å². The van der Waals surface area contributed by atoms with Crippen molar-refractivity contribution in [1.82, 2.24) is 0 Å². The number of hydrogen-bond donors (Lipinski definition) is 3. The van der Waals surface area contributed by atoms with Crippen molar-refractivity contribution in [3.8, 4) is 5.75 Å². The van der Waals surface area contributed by atoms with E-state index in [0.717, 1.165) is 4.88 Å². The van der Waals surface area contributed by atoms with Crippen molar-refractivity contribution in [3.63, 3.8) is 0 Å². The number of nitrogens with zero attached hydrogens (tertiary/aromatic N) is 1. The van der Waals surface area contributed by atoms with E-state index in [1.807, 2.05) is 17.5 Å². The highest BCUT2D eigenvalue weighted by Gasteiger charge is 2.23. The number of nitrogens with one attached hydrogen (secondary N) is 1. The lowest BCUT2D eigenvalue weighted by molar-refractivity contribution is 0.0713. The molecule has 0 aliphatic carbocycles. The van der Waals surface area contributed by atoms with Crippen LogP contribution in [0.5, 0.6) is 5.75 Å². The molecule has 126 valence electrons. The Balaban J connectivity index is 0.00000264. The maximum atomic E-state index is 10.4. The Morgan fingerprint density at radius 2 is 2.22 bits per heavy atom. The summed E-state index contributed by atoms with van der Waals surface area (Å²) in [6.45, 7) is 1.87. The van der Waals surface area contributed by atoms with Gasteiger partial charge >= 0.3 is 0 Å². The molecule has 5 nitrogen and oxygen atoms in total. The predicted molar refractivity (Wildman–Crippen MR) is 107 cm³/mol. The van der Waals surface area contributed by atoms with E-state index in [0.29, 0.717) is 16.5 Å². The number of rotatable bonds is 5. The molecule has 1 aromatic heterocycles. The van der Waals surface area contributed by atoms with Gasteiger partial charge in [0.2, 0.25) is 0 Å². The van der Waals surface area contributed by atoms with E-state index >= 15 is 0 Å². The maximum absolute atomic E-state index is 10.4. The van der Waals surface area contributed by atoms with Gasteiger partial charge in [-0.05, 0) is 36.6 Å². The number of ether oxygens (including phenoxy) is 1. The highest BCUT2D eigenvalue weighted by Crippen LogP contribution is 2.27. The molecule has 2 aromatic rings. The van der Waals surface area contributed by atoms with Crippen LogP contribution in [0.15, 0.2) is 40.7 Å². The van der Waals surface area contributed by atoms with E-state index in [1.165, 1.54) is 11.3 Å². The van der Waals surface area contributed by atoms with Crippen molar-refractivity contribution in [2.75, 3.05) is 19.0 Å². The molecule has 8 heteroatoms. The van der Waals surface area contributed by atoms with Crippen LogP contribution in [0, 0.1) is 0 Å². The second-order valence-corrected chi connectivity index (χ2v) is 6.28. The summed E-state index contributed by atoms with van der Waals surface area (Å²) >= 11 is 7.53. The van der Waals surface area contributed by atoms with Crippen LogP contribution in [0.2, 0.25) is 5.02 Å². The van der Waals surface area contributed by atoms with E-state index in [2.05, 4.69) is 10.3 Å². The van der Waals surface area contributed by atoms with E-state index in [4.69, 9.17) is 22.1 Å². The molecular formula is C15H19ClIN3O2S. The van der Waals surface area contributed by atoms with Gasteiger partial charge in [-0.25, -0.2) is 4.99 Å². The van der Waals surface area contributed by atoms with Crippen LogP contribution in [0.1, 0.15) is 11.8 Å². The zero-order chi connectivity index (χ0) is 16.2. The summed E-state index contributed by atoms with van der Waals surface area (Å²) in [5, 5.41) is 15.7. The highest BCUT2D eigenvalue weighted by atomic mass is 127. The van der Waals surface area contributed by atoms with Gasteiger partial charge in [0.05, 0.1) is 18.7 Å². The topological polar surface area (TPSA) is 79.9 Å². The lowest BCUT2D eigenvalue weighted by Crippen LogP contribution is -2.29. The molecule has 0 fully saturated rings. The van der Waals surface area contributed by atoms with Gasteiger partial charge in [0.15, 0.2) is 5.96 Å². The summed E-state index contributed by atoms with van der Waals surface area (Å²) in [5.74, 6) is 0.793. The molecule has 1 atom stereocenters. The Kier molecular flexibility index (Phi) is 7.59. The molecule has 0 radical (unpaired) electrons. The Hall–Kier alpha value is -1.03. The average Bonchev–Trinajstić information content (AvgIpc) is 3.00. The average molecular weight is 468 g/mol. The van der Waals surface area contributed by atoms with Crippen molar-refractivity contribution < 1.29 is 9.84 Å². The molecule has 2 rings (SSSR count). The minimum Gasteiger partial charge on any atom is -0.495 e. The third-order valence-corrected chi connectivity index (χ3v) is 4.45. The number of aliphatic imine (C=N–C) groups is 1. The van der Waals surface area contributed by atoms with Crippen LogP contribution < -0.4 is 15.8 Å². The Labute approximate surface area is 161 Å². The van der Waals surface area contributed by atoms with Gasteiger partial charge < -0.3 is 20.9 Å². The SMILES string of the molecule is COc1ccc(NC(N)=NCC(C)(O)c2cccs2)cc1Cl.I. The number of hydrogen-bond acceptors (Lipinski definition) is 4. The van der Waals surface area contributed by atoms with E-state index < -0.39 is 5.60 Å². The standard InChI is InChI=1S/C15H18ClN3O2S.HI/c1-15(20,13-4-3-7-22-13)9-18-14(17)19-10-5-6-12(21-2)11(16)8-10;/h3-8,20H,9H2,1-2H3,(H3,17,18,19);1H. The van der Waals surface area contributed by atoms with Crippen LogP contribution in [0.4, 0.5) is 5.69 Å². The minimum absolute atomic E-state index is 0. The number of aliphatic hydroxyl groups is 1. The summed E-state index contributed by atoms with van der Waals surface area (Å²) in [5.41, 5.74) is 5.50. The Morgan fingerprint density at radius 1 is 1.48 bits per heavy atom. The number of halogens is 2. The zero-order valence-corrected chi connectivity index (χ0v) is 16.6. The van der Waals surface area contributed by atoms with Crippen molar-refractivity contribution in [2.24, 2.45) is 10.7 Å². The van der Waals surface area contributed by atoms with Crippen molar-refractivity contribution in [2.45, 2.75) is 12.5 Å². The number of thiophene rings is 1. The lowest BCUT2D eigenvalue weighted by atomic mass is 10.1. The van der Waals surface area contributed by atoms with Gasteiger partial charge in [0.1, 0.15) is 11.4 Å². The lowest BCUT2D eigenvalue weighted by Gasteiger charge is -2.19. The summed E-state index contributed by atoms with van der Waals surface area (Å²) in [4.78, 5) is 5.03. The third kappa shape index (κ3) is 5.52. The van der Waals surface area contributed by atoms with Crippen LogP contribution >= 0.6 is 46.9 Å². The number of methoxy groups -OCH3 is 1. The molecule has 23 heavy (non-hydrogen) atoms. The second kappa shape index (κ2) is 8.72. The summed E-state index contributed by atoms with van der Waals surface area (Å²) in [6.07, 6.45) is 0. The number of guanidine groups is 1. The molecule has 0 aliphatic rings. The first kappa shape index (κ1) is 20.0. The number of benzene rings is 1. The first-order valence-corrected chi connectivity index (χ1v) is 7.85. The summed E-state index contributed by atoms with van der Waals surface area (Å²) in [6, 6.07) is 8.97. The van der Waals surface area contributed by atoms with Crippen molar-refractivity contribution >= 4 is 58.6 Å². The predicted octanol–water partition coefficient (Wildman–Crippen LogP) is 3.66.